The van der Waals surface area contributed by atoms with Gasteiger partial charge in [0.15, 0.2) is 0 Å². The van der Waals surface area contributed by atoms with Gasteiger partial charge in [0.2, 0.25) is 11.8 Å². The maximum atomic E-state index is 13.0. The molecule has 1 aromatic heterocycles. The van der Waals surface area contributed by atoms with Crippen molar-refractivity contribution in [2.75, 3.05) is 10.2 Å². The molecule has 0 radical (unpaired) electrons. The molecule has 2 fully saturated rings. The number of hydrogen-bond donors (Lipinski definition) is 1. The summed E-state index contributed by atoms with van der Waals surface area (Å²) in [4.78, 5) is 44.4. The Bertz CT molecular complexity index is 1250. The van der Waals surface area contributed by atoms with Crippen LogP contribution in [0.3, 0.4) is 0 Å². The molecule has 3 aliphatic rings. The van der Waals surface area contributed by atoms with E-state index in [-0.39, 0.29) is 41.4 Å². The van der Waals surface area contributed by atoms with Gasteiger partial charge in [-0.15, -0.1) is 0 Å². The standard InChI is InChI=1S/C25H19N3O3/c29-23(19-5-1-3-14-4-2-12-26-22(14)19)27-17-8-10-18(11-9-17)28-24(30)20-15-6-7-16(13-15)21(20)25(28)31/h1-12,15-16,20-21H,13H2,(H,27,29)/t15-,16+,20-,21+. The van der Waals surface area contributed by atoms with Gasteiger partial charge in [0.05, 0.1) is 28.6 Å². The number of benzene rings is 2. The van der Waals surface area contributed by atoms with Crippen molar-refractivity contribution in [1.29, 1.82) is 0 Å². The first-order valence-electron chi connectivity index (χ1n) is 10.4. The van der Waals surface area contributed by atoms with E-state index in [1.807, 2.05) is 24.3 Å². The number of rotatable bonds is 3. The zero-order chi connectivity index (χ0) is 21.1. The molecule has 0 spiro atoms. The lowest BCUT2D eigenvalue weighted by Crippen LogP contribution is -2.32. The highest BCUT2D eigenvalue weighted by atomic mass is 16.2. The summed E-state index contributed by atoms with van der Waals surface area (Å²) in [5, 5.41) is 3.77. The smallest absolute Gasteiger partial charge is 0.257 e. The summed E-state index contributed by atoms with van der Waals surface area (Å²) in [7, 11) is 0. The third-order valence-electron chi connectivity index (χ3n) is 6.73. The Kier molecular flexibility index (Phi) is 3.84. The summed E-state index contributed by atoms with van der Waals surface area (Å²) >= 11 is 0. The highest BCUT2D eigenvalue weighted by Crippen LogP contribution is 2.53. The molecule has 2 heterocycles. The van der Waals surface area contributed by atoms with Crippen LogP contribution in [0.5, 0.6) is 0 Å². The number of nitrogens with zero attached hydrogens (tertiary/aromatic N) is 2. The molecule has 6 heteroatoms. The van der Waals surface area contributed by atoms with Gasteiger partial charge in [-0.3, -0.25) is 24.3 Å². The van der Waals surface area contributed by atoms with Gasteiger partial charge in [-0.05, 0) is 54.7 Å². The maximum Gasteiger partial charge on any atom is 0.257 e. The number of aromatic nitrogens is 1. The van der Waals surface area contributed by atoms with Crippen molar-refractivity contribution in [3.63, 3.8) is 0 Å². The average molecular weight is 409 g/mol. The SMILES string of the molecule is O=C(Nc1ccc(N2C(=O)[C@@H]3[C@H](C2=O)[C@@H]2C=C[C@H]3C2)cc1)c1cccc2cccnc12. The van der Waals surface area contributed by atoms with E-state index in [2.05, 4.69) is 22.5 Å². The minimum atomic E-state index is -0.262. The number of anilines is 2. The summed E-state index contributed by atoms with van der Waals surface area (Å²) in [6.07, 6.45) is 6.74. The molecule has 6 nitrogen and oxygen atoms in total. The first-order chi connectivity index (χ1) is 15.1. The van der Waals surface area contributed by atoms with Crippen LogP contribution in [-0.2, 0) is 9.59 Å². The molecule has 3 amide bonds. The molecular formula is C25H19N3O3. The molecule has 0 unspecified atom stereocenters. The van der Waals surface area contributed by atoms with Crippen molar-refractivity contribution in [2.24, 2.45) is 23.7 Å². The minimum Gasteiger partial charge on any atom is -0.322 e. The quantitative estimate of drug-likeness (QED) is 0.527. The number of carbonyl (C=O) groups is 3. The predicted octanol–water partition coefficient (Wildman–Crippen LogP) is 3.80. The largest absolute Gasteiger partial charge is 0.322 e. The molecule has 6 rings (SSSR count). The van der Waals surface area contributed by atoms with Crippen LogP contribution in [0.15, 0.2) is 72.9 Å². The topological polar surface area (TPSA) is 79.4 Å². The predicted molar refractivity (Wildman–Crippen MR) is 116 cm³/mol. The van der Waals surface area contributed by atoms with Crippen LogP contribution in [-0.4, -0.2) is 22.7 Å². The second-order valence-corrected chi connectivity index (χ2v) is 8.39. The molecule has 1 saturated heterocycles. The molecule has 2 bridgehead atoms. The van der Waals surface area contributed by atoms with E-state index < -0.39 is 0 Å². The number of para-hydroxylation sites is 1. The van der Waals surface area contributed by atoms with Gasteiger partial charge >= 0.3 is 0 Å². The third-order valence-corrected chi connectivity index (χ3v) is 6.73. The van der Waals surface area contributed by atoms with Crippen molar-refractivity contribution in [3.05, 3.63) is 78.5 Å². The van der Waals surface area contributed by atoms with Crippen molar-refractivity contribution < 1.29 is 14.4 Å². The first-order valence-corrected chi connectivity index (χ1v) is 10.4. The van der Waals surface area contributed by atoms with Crippen LogP contribution < -0.4 is 10.2 Å². The van der Waals surface area contributed by atoms with E-state index in [4.69, 9.17) is 0 Å². The van der Waals surface area contributed by atoms with E-state index in [1.165, 1.54) is 4.90 Å². The highest BCUT2D eigenvalue weighted by molar-refractivity contribution is 6.23. The lowest BCUT2D eigenvalue weighted by Gasteiger charge is -2.17. The first kappa shape index (κ1) is 18.0. The van der Waals surface area contributed by atoms with Crippen molar-refractivity contribution in [2.45, 2.75) is 6.42 Å². The number of amides is 3. The fourth-order valence-electron chi connectivity index (χ4n) is 5.34. The second-order valence-electron chi connectivity index (χ2n) is 8.39. The maximum absolute atomic E-state index is 13.0. The Morgan fingerprint density at radius 3 is 2.29 bits per heavy atom. The number of allylic oxidation sites excluding steroid dienone is 2. The molecule has 1 aliphatic heterocycles. The number of hydrogen-bond acceptors (Lipinski definition) is 4. The van der Waals surface area contributed by atoms with Crippen LogP contribution in [0, 0.1) is 23.7 Å². The number of fused-ring (bicyclic) bond motifs is 6. The van der Waals surface area contributed by atoms with Gasteiger partial charge in [-0.25, -0.2) is 0 Å². The fourth-order valence-corrected chi connectivity index (χ4v) is 5.34. The highest BCUT2D eigenvalue weighted by Gasteiger charge is 2.59. The summed E-state index contributed by atoms with van der Waals surface area (Å²) < 4.78 is 0. The molecule has 31 heavy (non-hydrogen) atoms. The van der Waals surface area contributed by atoms with Crippen LogP contribution in [0.1, 0.15) is 16.8 Å². The summed E-state index contributed by atoms with van der Waals surface area (Å²) in [6.45, 7) is 0. The lowest BCUT2D eigenvalue weighted by atomic mass is 9.85. The van der Waals surface area contributed by atoms with Gasteiger partial charge in [0.1, 0.15) is 0 Å². The summed E-state index contributed by atoms with van der Waals surface area (Å²) in [5.41, 5.74) is 2.27. The van der Waals surface area contributed by atoms with Crippen molar-refractivity contribution in [1.82, 2.24) is 4.98 Å². The fraction of sp³-hybridized carbons (Fsp3) is 0.200. The number of nitrogens with one attached hydrogen (secondary N) is 1. The van der Waals surface area contributed by atoms with Crippen LogP contribution >= 0.6 is 0 Å². The van der Waals surface area contributed by atoms with E-state index in [9.17, 15) is 14.4 Å². The Labute approximate surface area is 178 Å². The minimum absolute atomic E-state index is 0.106. The van der Waals surface area contributed by atoms with Gasteiger partial charge in [0.25, 0.3) is 5.91 Å². The molecule has 2 aromatic carbocycles. The van der Waals surface area contributed by atoms with Crippen LogP contribution in [0.25, 0.3) is 10.9 Å². The summed E-state index contributed by atoms with van der Waals surface area (Å²) in [5.74, 6) is -0.548. The van der Waals surface area contributed by atoms with Gasteiger partial charge < -0.3 is 5.32 Å². The Morgan fingerprint density at radius 2 is 1.58 bits per heavy atom. The molecular weight excluding hydrogens is 390 g/mol. The molecule has 1 saturated carbocycles. The molecule has 4 atom stereocenters. The van der Waals surface area contributed by atoms with Gasteiger partial charge in [-0.1, -0.05) is 30.4 Å². The second kappa shape index (κ2) is 6.60. The molecule has 2 aliphatic carbocycles. The Morgan fingerprint density at radius 1 is 0.903 bits per heavy atom. The normalized spacial score (nSPS) is 26.0. The number of carbonyl (C=O) groups excluding carboxylic acids is 3. The van der Waals surface area contributed by atoms with Gasteiger partial charge in [-0.2, -0.15) is 0 Å². The Balaban J connectivity index is 1.23. The van der Waals surface area contributed by atoms with Gasteiger partial charge in [0, 0.05) is 17.3 Å². The Hall–Kier alpha value is -3.80. The van der Waals surface area contributed by atoms with E-state index in [1.54, 1.807) is 36.5 Å². The average Bonchev–Trinajstić information content (AvgIpc) is 3.48. The molecule has 1 N–H and O–H groups in total. The number of pyridine rings is 1. The van der Waals surface area contributed by atoms with Crippen LogP contribution in [0.2, 0.25) is 0 Å². The zero-order valence-corrected chi connectivity index (χ0v) is 16.6. The monoisotopic (exact) mass is 409 g/mol. The van der Waals surface area contributed by atoms with Crippen molar-refractivity contribution >= 4 is 40.0 Å². The molecule has 3 aromatic rings. The lowest BCUT2D eigenvalue weighted by molar-refractivity contribution is -0.123. The summed E-state index contributed by atoms with van der Waals surface area (Å²) in [6, 6.07) is 16.1. The number of imide groups is 1. The molecule has 152 valence electrons. The third kappa shape index (κ3) is 2.64. The van der Waals surface area contributed by atoms with E-state index >= 15 is 0 Å². The van der Waals surface area contributed by atoms with Crippen LogP contribution in [0.4, 0.5) is 11.4 Å². The zero-order valence-electron chi connectivity index (χ0n) is 16.6. The van der Waals surface area contributed by atoms with E-state index in [0.717, 1.165) is 11.8 Å². The van der Waals surface area contributed by atoms with Crippen molar-refractivity contribution in [3.8, 4) is 0 Å². The van der Waals surface area contributed by atoms with E-state index in [0.29, 0.717) is 22.5 Å².